The van der Waals surface area contributed by atoms with Crippen LogP contribution in [0.5, 0.6) is 0 Å². The normalized spacial score (nSPS) is 10.3. The molecule has 1 aromatic heterocycles. The number of ether oxygens (including phenoxy) is 1. The number of nitrogens with zero attached hydrogens (tertiary/aromatic N) is 2. The van der Waals surface area contributed by atoms with Crippen molar-refractivity contribution >= 4 is 23.4 Å². The van der Waals surface area contributed by atoms with E-state index in [1.807, 2.05) is 12.1 Å². The number of para-hydroxylation sites is 1. The summed E-state index contributed by atoms with van der Waals surface area (Å²) in [5.41, 5.74) is 3.44. The Morgan fingerprint density at radius 2 is 1.96 bits per heavy atom. The van der Waals surface area contributed by atoms with Crippen LogP contribution in [0, 0.1) is 6.92 Å². The highest BCUT2D eigenvalue weighted by molar-refractivity contribution is 5.96. The molecule has 2 aromatic carbocycles. The number of aromatic nitrogens is 2. The maximum atomic E-state index is 12.1. The topological polar surface area (TPSA) is 76.1 Å². The van der Waals surface area contributed by atoms with Crippen LogP contribution < -0.4 is 10.6 Å². The number of nitrogens with one attached hydrogen (secondary N) is 2. The van der Waals surface area contributed by atoms with Gasteiger partial charge in [-0.25, -0.2) is 9.78 Å². The molecule has 6 heteroatoms. The fraction of sp³-hybridized carbons (Fsp3) is 0.190. The van der Waals surface area contributed by atoms with Crippen LogP contribution in [0.3, 0.4) is 0 Å². The molecule has 2 N–H and O–H groups in total. The lowest BCUT2D eigenvalue weighted by atomic mass is 10.1. The largest absolute Gasteiger partial charge is 0.462 e. The number of carbonyl (C=O) groups excluding carboxylic acids is 1. The molecular weight excluding hydrogens is 340 g/mol. The van der Waals surface area contributed by atoms with Crippen LogP contribution in [-0.2, 0) is 11.3 Å². The molecule has 0 saturated carbocycles. The van der Waals surface area contributed by atoms with Crippen molar-refractivity contribution in [3.8, 4) is 0 Å². The first-order valence-corrected chi connectivity index (χ1v) is 8.81. The van der Waals surface area contributed by atoms with Crippen LogP contribution in [0.2, 0.25) is 0 Å². The summed E-state index contributed by atoms with van der Waals surface area (Å²) < 4.78 is 5.10. The second-order valence-corrected chi connectivity index (χ2v) is 6.00. The standard InChI is InChI=1S/C21H22N4O2/c1-3-27-20(26)17-9-4-5-10-18(17)24-21-22-12-11-19(25-21)23-14-16-8-6-7-15(2)13-16/h4-13H,3,14H2,1-2H3,(H2,22,23,24,25). The predicted molar refractivity (Wildman–Crippen MR) is 106 cm³/mol. The van der Waals surface area contributed by atoms with Crippen molar-refractivity contribution in [2.45, 2.75) is 20.4 Å². The van der Waals surface area contributed by atoms with Gasteiger partial charge in [0.1, 0.15) is 5.82 Å². The number of rotatable bonds is 7. The fourth-order valence-corrected chi connectivity index (χ4v) is 2.63. The molecule has 3 rings (SSSR count). The minimum atomic E-state index is -0.380. The SMILES string of the molecule is CCOC(=O)c1ccccc1Nc1nccc(NCc2cccc(C)c2)n1. The van der Waals surface area contributed by atoms with Gasteiger partial charge in [0.15, 0.2) is 0 Å². The van der Waals surface area contributed by atoms with Crippen molar-refractivity contribution in [3.05, 3.63) is 77.5 Å². The van der Waals surface area contributed by atoms with Crippen molar-refractivity contribution < 1.29 is 9.53 Å². The van der Waals surface area contributed by atoms with Crippen LogP contribution in [0.25, 0.3) is 0 Å². The molecule has 0 fully saturated rings. The van der Waals surface area contributed by atoms with E-state index >= 15 is 0 Å². The maximum absolute atomic E-state index is 12.1. The Labute approximate surface area is 158 Å². The summed E-state index contributed by atoms with van der Waals surface area (Å²) in [6, 6.07) is 17.2. The van der Waals surface area contributed by atoms with Gasteiger partial charge >= 0.3 is 5.97 Å². The number of benzene rings is 2. The van der Waals surface area contributed by atoms with Gasteiger partial charge in [-0.1, -0.05) is 42.0 Å². The van der Waals surface area contributed by atoms with Gasteiger partial charge in [0, 0.05) is 12.7 Å². The second-order valence-electron chi connectivity index (χ2n) is 6.00. The second kappa shape index (κ2) is 8.80. The summed E-state index contributed by atoms with van der Waals surface area (Å²) in [6.07, 6.45) is 1.67. The Kier molecular flexibility index (Phi) is 5.99. The molecule has 3 aromatic rings. The first kappa shape index (κ1) is 18.4. The third-order valence-electron chi connectivity index (χ3n) is 3.88. The van der Waals surface area contributed by atoms with Gasteiger partial charge in [0.05, 0.1) is 17.9 Å². The van der Waals surface area contributed by atoms with Crippen molar-refractivity contribution in [1.82, 2.24) is 9.97 Å². The Bertz CT molecular complexity index is 927. The van der Waals surface area contributed by atoms with Crippen molar-refractivity contribution in [3.63, 3.8) is 0 Å². The predicted octanol–water partition coefficient (Wildman–Crippen LogP) is 4.32. The van der Waals surface area contributed by atoms with E-state index in [2.05, 4.69) is 45.7 Å². The Morgan fingerprint density at radius 3 is 2.78 bits per heavy atom. The van der Waals surface area contributed by atoms with Gasteiger partial charge in [-0.2, -0.15) is 4.98 Å². The molecule has 138 valence electrons. The average Bonchev–Trinajstić information content (AvgIpc) is 2.67. The highest BCUT2D eigenvalue weighted by Crippen LogP contribution is 2.20. The fourth-order valence-electron chi connectivity index (χ4n) is 2.63. The quantitative estimate of drug-likeness (QED) is 0.610. The lowest BCUT2D eigenvalue weighted by molar-refractivity contribution is 0.0527. The lowest BCUT2D eigenvalue weighted by Crippen LogP contribution is -2.09. The van der Waals surface area contributed by atoms with Gasteiger partial charge in [-0.3, -0.25) is 0 Å². The van der Waals surface area contributed by atoms with Gasteiger partial charge in [-0.05, 0) is 37.6 Å². The number of aryl methyl sites for hydroxylation is 1. The van der Waals surface area contributed by atoms with E-state index in [4.69, 9.17) is 4.74 Å². The van der Waals surface area contributed by atoms with E-state index in [1.165, 1.54) is 11.1 Å². The third-order valence-corrected chi connectivity index (χ3v) is 3.88. The highest BCUT2D eigenvalue weighted by Gasteiger charge is 2.12. The number of carbonyl (C=O) groups is 1. The molecule has 1 heterocycles. The van der Waals surface area contributed by atoms with Crippen LogP contribution >= 0.6 is 0 Å². The molecule has 0 atom stereocenters. The summed E-state index contributed by atoms with van der Waals surface area (Å²) in [5, 5.41) is 6.39. The number of hydrogen-bond acceptors (Lipinski definition) is 6. The molecule has 0 radical (unpaired) electrons. The zero-order valence-electron chi connectivity index (χ0n) is 15.4. The summed E-state index contributed by atoms with van der Waals surface area (Å²) in [4.78, 5) is 20.8. The zero-order valence-corrected chi connectivity index (χ0v) is 15.4. The summed E-state index contributed by atoms with van der Waals surface area (Å²) in [7, 11) is 0. The number of hydrogen-bond donors (Lipinski definition) is 2. The lowest BCUT2D eigenvalue weighted by Gasteiger charge is -2.11. The van der Waals surface area contributed by atoms with Gasteiger partial charge < -0.3 is 15.4 Å². The van der Waals surface area contributed by atoms with Crippen LogP contribution in [0.1, 0.15) is 28.4 Å². The van der Waals surface area contributed by atoms with Crippen molar-refractivity contribution in [2.24, 2.45) is 0 Å². The van der Waals surface area contributed by atoms with Crippen LogP contribution in [-0.4, -0.2) is 22.5 Å². The number of esters is 1. The third kappa shape index (κ3) is 5.04. The van der Waals surface area contributed by atoms with Crippen molar-refractivity contribution in [2.75, 3.05) is 17.2 Å². The van der Waals surface area contributed by atoms with Gasteiger partial charge in [0.25, 0.3) is 0 Å². The molecule has 0 aliphatic heterocycles. The molecule has 0 bridgehead atoms. The summed E-state index contributed by atoms with van der Waals surface area (Å²) in [6.45, 7) is 4.83. The first-order valence-electron chi connectivity index (χ1n) is 8.81. The summed E-state index contributed by atoms with van der Waals surface area (Å²) in [5.74, 6) is 0.720. The molecule has 6 nitrogen and oxygen atoms in total. The van der Waals surface area contributed by atoms with E-state index in [0.717, 1.165) is 0 Å². The van der Waals surface area contributed by atoms with Crippen LogP contribution in [0.4, 0.5) is 17.5 Å². The highest BCUT2D eigenvalue weighted by atomic mass is 16.5. The molecule has 0 spiro atoms. The number of anilines is 3. The molecular formula is C21H22N4O2. The van der Waals surface area contributed by atoms with E-state index in [-0.39, 0.29) is 5.97 Å². The molecule has 0 saturated heterocycles. The minimum Gasteiger partial charge on any atom is -0.462 e. The zero-order chi connectivity index (χ0) is 19.1. The Morgan fingerprint density at radius 1 is 1.11 bits per heavy atom. The van der Waals surface area contributed by atoms with Gasteiger partial charge in [-0.15, -0.1) is 0 Å². The smallest absolute Gasteiger partial charge is 0.340 e. The molecule has 0 amide bonds. The first-order chi connectivity index (χ1) is 13.2. The van der Waals surface area contributed by atoms with E-state index < -0.39 is 0 Å². The Balaban J connectivity index is 1.72. The van der Waals surface area contributed by atoms with Crippen molar-refractivity contribution in [1.29, 1.82) is 0 Å². The van der Waals surface area contributed by atoms with E-state index in [9.17, 15) is 4.79 Å². The maximum Gasteiger partial charge on any atom is 0.340 e. The minimum absolute atomic E-state index is 0.321. The van der Waals surface area contributed by atoms with Crippen LogP contribution in [0.15, 0.2) is 60.8 Å². The molecule has 0 aliphatic carbocycles. The van der Waals surface area contributed by atoms with E-state index in [1.54, 1.807) is 37.4 Å². The molecule has 0 unspecified atom stereocenters. The molecule has 0 aliphatic rings. The van der Waals surface area contributed by atoms with E-state index in [0.29, 0.717) is 36.2 Å². The monoisotopic (exact) mass is 362 g/mol. The Hall–Kier alpha value is -3.41. The average molecular weight is 362 g/mol. The molecule has 27 heavy (non-hydrogen) atoms. The summed E-state index contributed by atoms with van der Waals surface area (Å²) >= 11 is 0. The van der Waals surface area contributed by atoms with Gasteiger partial charge in [0.2, 0.25) is 5.95 Å².